The topological polar surface area (TPSA) is 88.1 Å². The number of nitrogens with zero attached hydrogens (tertiary/aromatic N) is 3. The molecule has 2 amide bonds. The normalized spacial score (nSPS) is 22.2. The minimum absolute atomic E-state index is 0.00817. The first-order valence-corrected chi connectivity index (χ1v) is 11.6. The van der Waals surface area contributed by atoms with Crippen molar-refractivity contribution in [3.05, 3.63) is 53.6 Å². The molecule has 0 saturated heterocycles. The number of carbonyl (C=O) groups excluding carboxylic acids is 2. The van der Waals surface area contributed by atoms with Crippen molar-refractivity contribution in [2.24, 2.45) is 32.7 Å². The number of carbonyl (C=O) groups is 2. The van der Waals surface area contributed by atoms with Crippen LogP contribution in [0.1, 0.15) is 58.9 Å². The Bertz CT molecular complexity index is 982. The van der Waals surface area contributed by atoms with Crippen LogP contribution in [0.15, 0.2) is 46.7 Å². The molecule has 1 aliphatic rings. The smallest absolute Gasteiger partial charge is 0.223 e. The van der Waals surface area contributed by atoms with E-state index in [0.717, 1.165) is 12.8 Å². The van der Waals surface area contributed by atoms with Crippen LogP contribution in [0.25, 0.3) is 5.70 Å². The number of rotatable bonds is 10. The maximum atomic E-state index is 14.4. The first-order chi connectivity index (χ1) is 15.9. The van der Waals surface area contributed by atoms with Gasteiger partial charge in [0.05, 0.1) is 11.3 Å². The fourth-order valence-corrected chi connectivity index (χ4v) is 4.96. The van der Waals surface area contributed by atoms with Gasteiger partial charge in [-0.05, 0) is 60.3 Å². The lowest BCUT2D eigenvalue weighted by molar-refractivity contribution is -0.135. The number of azo groups is 1. The van der Waals surface area contributed by atoms with Gasteiger partial charge < -0.3 is 10.6 Å². The molecule has 1 fully saturated rings. The molecule has 1 aromatic rings. The molecule has 8 heteroatoms. The van der Waals surface area contributed by atoms with Crippen molar-refractivity contribution < 1.29 is 18.4 Å². The van der Waals surface area contributed by atoms with Gasteiger partial charge in [0.2, 0.25) is 11.8 Å². The number of nitrogens with two attached hydrogens (primary N) is 1. The summed E-state index contributed by atoms with van der Waals surface area (Å²) >= 11 is 0. The standard InChI is InChI=1S/C26H36F2N4O2/c1-7-32(23(34)12-11-22(29)33)16-26(5)14-13-18(25(26,3)4)17(2)15-21(31-30-6)24-19(27)9-8-10-20(24)28/h8-10,15,18H,2,7,11-14,16H2,1,3-6H3,(H2,29,33)/b21-15-,31-30?/t18-,26?/m1/s1. The van der Waals surface area contributed by atoms with Gasteiger partial charge in [0.25, 0.3) is 0 Å². The van der Waals surface area contributed by atoms with E-state index >= 15 is 0 Å². The summed E-state index contributed by atoms with van der Waals surface area (Å²) in [5.74, 6) is -2.01. The number of primary amides is 1. The second-order valence-electron chi connectivity index (χ2n) is 9.75. The maximum absolute atomic E-state index is 14.4. The van der Waals surface area contributed by atoms with Gasteiger partial charge in [0.1, 0.15) is 11.6 Å². The van der Waals surface area contributed by atoms with Crippen molar-refractivity contribution in [3.63, 3.8) is 0 Å². The van der Waals surface area contributed by atoms with Crippen LogP contribution in [-0.2, 0) is 9.59 Å². The highest BCUT2D eigenvalue weighted by Gasteiger charge is 2.52. The molecular weight excluding hydrogens is 438 g/mol. The molecule has 6 nitrogen and oxygen atoms in total. The molecule has 2 rings (SSSR count). The van der Waals surface area contributed by atoms with Crippen molar-refractivity contribution in [2.45, 2.75) is 53.4 Å². The van der Waals surface area contributed by atoms with E-state index in [0.29, 0.717) is 18.7 Å². The van der Waals surface area contributed by atoms with Crippen molar-refractivity contribution in [3.8, 4) is 0 Å². The maximum Gasteiger partial charge on any atom is 0.223 e. The lowest BCUT2D eigenvalue weighted by Crippen LogP contribution is -2.46. The Kier molecular flexibility index (Phi) is 8.86. The fraction of sp³-hybridized carbons (Fsp3) is 0.538. The van der Waals surface area contributed by atoms with Crippen molar-refractivity contribution >= 4 is 17.5 Å². The predicted molar refractivity (Wildman–Crippen MR) is 130 cm³/mol. The van der Waals surface area contributed by atoms with Crippen LogP contribution in [0.5, 0.6) is 0 Å². The van der Waals surface area contributed by atoms with Crippen molar-refractivity contribution in [1.29, 1.82) is 0 Å². The Hall–Kier alpha value is -2.90. The number of amides is 2. The first kappa shape index (κ1) is 27.3. The number of benzene rings is 1. The third kappa shape index (κ3) is 5.77. The number of halogens is 2. The number of hydrogen-bond acceptors (Lipinski definition) is 4. The highest BCUT2D eigenvalue weighted by molar-refractivity contribution is 5.82. The molecule has 0 radical (unpaired) electrons. The molecule has 0 spiro atoms. The Labute approximate surface area is 201 Å². The van der Waals surface area contributed by atoms with Crippen LogP contribution in [0, 0.1) is 28.4 Å². The van der Waals surface area contributed by atoms with Crippen molar-refractivity contribution in [1.82, 2.24) is 4.90 Å². The van der Waals surface area contributed by atoms with Crippen LogP contribution in [0.4, 0.5) is 8.78 Å². The average molecular weight is 475 g/mol. The SMILES string of the molecule is C=C(/C=C(\N=NC)c1c(F)cccc1F)[C@H]1CCC(C)(CN(CC)C(=O)CCC(N)=O)C1(C)C. The first-order valence-electron chi connectivity index (χ1n) is 11.6. The van der Waals surface area contributed by atoms with E-state index in [1.165, 1.54) is 25.2 Å². The van der Waals surface area contributed by atoms with E-state index in [2.05, 4.69) is 37.6 Å². The van der Waals surface area contributed by atoms with E-state index in [4.69, 9.17) is 5.73 Å². The number of allylic oxidation sites excluding steroid dienone is 2. The molecule has 34 heavy (non-hydrogen) atoms. The van der Waals surface area contributed by atoms with Crippen LogP contribution in [-0.4, -0.2) is 36.9 Å². The molecule has 2 atom stereocenters. The zero-order chi connectivity index (χ0) is 25.7. The zero-order valence-electron chi connectivity index (χ0n) is 20.8. The van der Waals surface area contributed by atoms with Crippen LogP contribution < -0.4 is 5.73 Å². The molecule has 0 heterocycles. The molecule has 1 saturated carbocycles. The molecule has 2 N–H and O–H groups in total. The number of hydrogen-bond donors (Lipinski definition) is 1. The van der Waals surface area contributed by atoms with Crippen LogP contribution >= 0.6 is 0 Å². The van der Waals surface area contributed by atoms with E-state index in [1.807, 2.05) is 6.92 Å². The summed E-state index contributed by atoms with van der Waals surface area (Å²) in [6, 6.07) is 3.68. The van der Waals surface area contributed by atoms with Gasteiger partial charge in [0.15, 0.2) is 0 Å². The third-order valence-corrected chi connectivity index (χ3v) is 7.47. The van der Waals surface area contributed by atoms with E-state index < -0.39 is 17.5 Å². The quantitative estimate of drug-likeness (QED) is 0.358. The monoisotopic (exact) mass is 474 g/mol. The minimum atomic E-state index is -0.713. The third-order valence-electron chi connectivity index (χ3n) is 7.47. The summed E-state index contributed by atoms with van der Waals surface area (Å²) in [5, 5.41) is 7.73. The highest BCUT2D eigenvalue weighted by Crippen LogP contribution is 2.58. The summed E-state index contributed by atoms with van der Waals surface area (Å²) in [6.07, 6.45) is 3.39. The van der Waals surface area contributed by atoms with E-state index in [9.17, 15) is 18.4 Å². The van der Waals surface area contributed by atoms with Gasteiger partial charge >= 0.3 is 0 Å². The van der Waals surface area contributed by atoms with Crippen LogP contribution in [0.2, 0.25) is 0 Å². The van der Waals surface area contributed by atoms with Gasteiger partial charge in [-0.15, -0.1) is 0 Å². The Morgan fingerprint density at radius 2 is 1.85 bits per heavy atom. The van der Waals surface area contributed by atoms with Gasteiger partial charge in [-0.3, -0.25) is 9.59 Å². The molecule has 0 aromatic heterocycles. The van der Waals surface area contributed by atoms with Gasteiger partial charge in [-0.25, -0.2) is 8.78 Å². The van der Waals surface area contributed by atoms with E-state index in [1.54, 1.807) is 11.0 Å². The van der Waals surface area contributed by atoms with E-state index in [-0.39, 0.29) is 46.8 Å². The van der Waals surface area contributed by atoms with Gasteiger partial charge in [-0.2, -0.15) is 10.2 Å². The fourth-order valence-electron chi connectivity index (χ4n) is 4.96. The summed E-state index contributed by atoms with van der Waals surface area (Å²) in [7, 11) is 1.44. The van der Waals surface area contributed by atoms with Crippen molar-refractivity contribution in [2.75, 3.05) is 20.1 Å². The lowest BCUT2D eigenvalue weighted by atomic mass is 9.64. The Balaban J connectivity index is 2.31. The lowest BCUT2D eigenvalue weighted by Gasteiger charge is -2.45. The molecule has 1 aliphatic carbocycles. The predicted octanol–water partition coefficient (Wildman–Crippen LogP) is 5.50. The highest BCUT2D eigenvalue weighted by atomic mass is 19.1. The summed E-state index contributed by atoms with van der Waals surface area (Å²) in [4.78, 5) is 25.5. The van der Waals surface area contributed by atoms with Gasteiger partial charge in [0, 0.05) is 33.0 Å². The minimum Gasteiger partial charge on any atom is -0.370 e. The molecule has 186 valence electrons. The summed E-state index contributed by atoms with van der Waals surface area (Å²) < 4.78 is 28.8. The second kappa shape index (κ2) is 11.0. The molecule has 1 aromatic carbocycles. The average Bonchev–Trinajstić information content (AvgIpc) is 2.99. The summed E-state index contributed by atoms with van der Waals surface area (Å²) in [5.41, 5.74) is 5.26. The largest absolute Gasteiger partial charge is 0.370 e. The van der Waals surface area contributed by atoms with Gasteiger partial charge in [-0.1, -0.05) is 33.4 Å². The molecule has 1 unspecified atom stereocenters. The molecule has 0 aliphatic heterocycles. The Morgan fingerprint density at radius 3 is 2.38 bits per heavy atom. The molecular formula is C26H36F2N4O2. The summed E-state index contributed by atoms with van der Waals surface area (Å²) in [6.45, 7) is 13.6. The van der Waals surface area contributed by atoms with Crippen LogP contribution in [0.3, 0.4) is 0 Å². The Morgan fingerprint density at radius 1 is 1.24 bits per heavy atom. The second-order valence-corrected chi connectivity index (χ2v) is 9.75. The zero-order valence-corrected chi connectivity index (χ0v) is 20.8. The molecule has 0 bridgehead atoms.